The summed E-state index contributed by atoms with van der Waals surface area (Å²) in [5.74, 6) is -2.25. The fraction of sp³-hybridized carbons (Fsp3) is 0.517. The van der Waals surface area contributed by atoms with Crippen LogP contribution in [0.3, 0.4) is 0 Å². The van der Waals surface area contributed by atoms with Gasteiger partial charge in [0, 0.05) is 22.0 Å². The SMILES string of the molecule is CC(C)C(CS(=O)(=O)C(C)(C)C)N1C(=O)[C@@](C)(CC(=O)O)C[C@H](c2cccc(Cl)c2)[C@H]1c1ccc(Cl)cc1. The van der Waals surface area contributed by atoms with Gasteiger partial charge in [-0.2, -0.15) is 0 Å². The summed E-state index contributed by atoms with van der Waals surface area (Å²) in [7, 11) is -3.63. The number of piperidine rings is 1. The molecule has 4 atom stereocenters. The van der Waals surface area contributed by atoms with E-state index in [1.54, 1.807) is 50.8 Å². The van der Waals surface area contributed by atoms with E-state index < -0.39 is 38.1 Å². The molecule has 3 rings (SSSR count). The number of halogens is 2. The second-order valence-electron chi connectivity index (χ2n) is 11.9. The number of hydrogen-bond acceptors (Lipinski definition) is 4. The molecule has 9 heteroatoms. The molecule has 0 aliphatic carbocycles. The first-order chi connectivity index (χ1) is 17.5. The van der Waals surface area contributed by atoms with Gasteiger partial charge in [-0.1, -0.05) is 68.2 Å². The van der Waals surface area contributed by atoms with E-state index in [2.05, 4.69) is 0 Å². The Bertz CT molecular complexity index is 1290. The maximum atomic E-state index is 14.4. The summed E-state index contributed by atoms with van der Waals surface area (Å²) in [4.78, 5) is 28.0. The van der Waals surface area contributed by atoms with Gasteiger partial charge in [-0.15, -0.1) is 0 Å². The number of carbonyl (C=O) groups excluding carboxylic acids is 1. The van der Waals surface area contributed by atoms with Crippen LogP contribution in [0.5, 0.6) is 0 Å². The lowest BCUT2D eigenvalue weighted by molar-refractivity contribution is -0.161. The molecule has 1 saturated heterocycles. The van der Waals surface area contributed by atoms with Gasteiger partial charge < -0.3 is 10.0 Å². The number of carboxylic acids is 1. The van der Waals surface area contributed by atoms with Crippen LogP contribution in [-0.4, -0.2) is 46.8 Å². The number of aliphatic carboxylic acids is 1. The Balaban J connectivity index is 2.32. The second-order valence-corrected chi connectivity index (χ2v) is 15.6. The van der Waals surface area contributed by atoms with Crippen molar-refractivity contribution in [1.82, 2.24) is 4.90 Å². The number of amides is 1. The minimum absolute atomic E-state index is 0.224. The van der Waals surface area contributed by atoms with Crippen LogP contribution in [0.4, 0.5) is 0 Å². The van der Waals surface area contributed by atoms with Crippen LogP contribution in [0.15, 0.2) is 48.5 Å². The van der Waals surface area contributed by atoms with Crippen LogP contribution >= 0.6 is 23.2 Å². The summed E-state index contributed by atoms with van der Waals surface area (Å²) < 4.78 is 25.9. The Morgan fingerprint density at radius 2 is 1.68 bits per heavy atom. The Hall–Kier alpha value is -2.09. The molecule has 1 N–H and O–H groups in total. The van der Waals surface area contributed by atoms with Crippen LogP contribution in [0.1, 0.15) is 77.5 Å². The topological polar surface area (TPSA) is 91.8 Å². The zero-order chi connectivity index (χ0) is 28.6. The summed E-state index contributed by atoms with van der Waals surface area (Å²) in [5, 5.41) is 10.8. The Morgan fingerprint density at radius 3 is 2.18 bits per heavy atom. The van der Waals surface area contributed by atoms with Crippen molar-refractivity contribution in [2.24, 2.45) is 11.3 Å². The Kier molecular flexibility index (Phi) is 8.96. The molecular formula is C29H37Cl2NO5S. The number of carbonyl (C=O) groups is 2. The molecule has 0 radical (unpaired) electrons. The highest BCUT2D eigenvalue weighted by molar-refractivity contribution is 7.92. The zero-order valence-corrected chi connectivity index (χ0v) is 25.1. The third-order valence-electron chi connectivity index (χ3n) is 7.58. The maximum absolute atomic E-state index is 14.4. The van der Waals surface area contributed by atoms with Gasteiger partial charge >= 0.3 is 5.97 Å². The molecule has 0 aromatic heterocycles. The van der Waals surface area contributed by atoms with E-state index >= 15 is 0 Å². The highest BCUT2D eigenvalue weighted by Crippen LogP contribution is 2.52. The molecule has 1 aliphatic rings. The highest BCUT2D eigenvalue weighted by atomic mass is 35.5. The first kappa shape index (κ1) is 30.5. The molecule has 1 heterocycles. The lowest BCUT2D eigenvalue weighted by Crippen LogP contribution is -2.59. The predicted octanol–water partition coefficient (Wildman–Crippen LogP) is 6.77. The van der Waals surface area contributed by atoms with E-state index in [0.29, 0.717) is 10.0 Å². The molecule has 1 unspecified atom stereocenters. The smallest absolute Gasteiger partial charge is 0.304 e. The number of nitrogens with zero attached hydrogens (tertiary/aromatic N) is 1. The van der Waals surface area contributed by atoms with Crippen molar-refractivity contribution in [2.45, 2.75) is 77.1 Å². The first-order valence-electron chi connectivity index (χ1n) is 12.7. The number of rotatable bonds is 8. The highest BCUT2D eigenvalue weighted by Gasteiger charge is 2.53. The zero-order valence-electron chi connectivity index (χ0n) is 22.7. The van der Waals surface area contributed by atoms with Crippen molar-refractivity contribution in [1.29, 1.82) is 0 Å². The molecular weight excluding hydrogens is 545 g/mol. The quantitative estimate of drug-likeness (QED) is 0.371. The average molecular weight is 583 g/mol. The lowest BCUT2D eigenvalue weighted by atomic mass is 9.66. The molecule has 1 amide bonds. The van der Waals surface area contributed by atoms with E-state index in [9.17, 15) is 23.1 Å². The van der Waals surface area contributed by atoms with Crippen molar-refractivity contribution in [3.05, 3.63) is 69.7 Å². The molecule has 1 fully saturated rings. The molecule has 38 heavy (non-hydrogen) atoms. The van der Waals surface area contributed by atoms with E-state index in [-0.39, 0.29) is 36.3 Å². The Morgan fingerprint density at radius 1 is 1.08 bits per heavy atom. The van der Waals surface area contributed by atoms with Crippen molar-refractivity contribution < 1.29 is 23.1 Å². The number of sulfone groups is 1. The summed E-state index contributed by atoms with van der Waals surface area (Å²) in [5.41, 5.74) is 0.400. The van der Waals surface area contributed by atoms with E-state index in [1.807, 2.05) is 44.2 Å². The molecule has 2 aromatic carbocycles. The summed E-state index contributed by atoms with van der Waals surface area (Å²) in [6, 6.07) is 13.3. The summed E-state index contributed by atoms with van der Waals surface area (Å²) in [6.45, 7) is 10.4. The molecule has 2 aromatic rings. The van der Waals surface area contributed by atoms with E-state index in [0.717, 1.165) is 11.1 Å². The second kappa shape index (κ2) is 11.2. The molecule has 0 spiro atoms. The van der Waals surface area contributed by atoms with Gasteiger partial charge in [0.05, 0.1) is 28.4 Å². The molecule has 208 valence electrons. The number of benzene rings is 2. The van der Waals surface area contributed by atoms with E-state index in [1.165, 1.54) is 0 Å². The molecule has 0 bridgehead atoms. The molecule has 1 aliphatic heterocycles. The standard InChI is InChI=1S/C29H37Cl2NO5S/c1-18(2)24(17-38(36,37)28(3,4)5)32-26(19-10-12-21(30)13-11-19)23(20-8-7-9-22(31)14-20)15-29(6,27(32)35)16-25(33)34/h7-14,18,23-24,26H,15-17H2,1-6H3,(H,33,34)/t23-,24?,26-,29-/m1/s1. The van der Waals surface area contributed by atoms with Crippen molar-refractivity contribution in [3.8, 4) is 0 Å². The number of hydrogen-bond donors (Lipinski definition) is 1. The summed E-state index contributed by atoms with van der Waals surface area (Å²) >= 11 is 12.6. The van der Waals surface area contributed by atoms with Gasteiger partial charge in [0.1, 0.15) is 0 Å². The van der Waals surface area contributed by atoms with Crippen molar-refractivity contribution in [2.75, 3.05) is 5.75 Å². The van der Waals surface area contributed by atoms with Crippen LogP contribution < -0.4 is 0 Å². The van der Waals surface area contributed by atoms with Gasteiger partial charge in [0.2, 0.25) is 5.91 Å². The third-order valence-corrected chi connectivity index (χ3v) is 10.7. The van der Waals surface area contributed by atoms with Crippen LogP contribution in [0.2, 0.25) is 10.0 Å². The van der Waals surface area contributed by atoms with Gasteiger partial charge in [-0.25, -0.2) is 8.42 Å². The monoisotopic (exact) mass is 581 g/mol. The fourth-order valence-corrected chi connectivity index (χ4v) is 7.13. The van der Waals surface area contributed by atoms with Gasteiger partial charge in [-0.3, -0.25) is 9.59 Å². The largest absolute Gasteiger partial charge is 0.481 e. The minimum Gasteiger partial charge on any atom is -0.481 e. The van der Waals surface area contributed by atoms with Gasteiger partial charge in [-0.05, 0) is 68.5 Å². The normalized spacial score (nSPS) is 23.5. The number of likely N-dealkylation sites (tertiary alicyclic amines) is 1. The molecule has 0 saturated carbocycles. The van der Waals surface area contributed by atoms with Crippen LogP contribution in [0.25, 0.3) is 0 Å². The fourth-order valence-electron chi connectivity index (χ4n) is 5.31. The predicted molar refractivity (Wildman–Crippen MR) is 152 cm³/mol. The van der Waals surface area contributed by atoms with Crippen molar-refractivity contribution in [3.63, 3.8) is 0 Å². The van der Waals surface area contributed by atoms with Gasteiger partial charge in [0.25, 0.3) is 0 Å². The van der Waals surface area contributed by atoms with Crippen molar-refractivity contribution >= 4 is 44.9 Å². The van der Waals surface area contributed by atoms with Crippen LogP contribution in [0, 0.1) is 11.3 Å². The number of carboxylic acid groups (broad SMARTS) is 1. The lowest BCUT2D eigenvalue weighted by Gasteiger charge is -2.53. The maximum Gasteiger partial charge on any atom is 0.304 e. The summed E-state index contributed by atoms with van der Waals surface area (Å²) in [6.07, 6.45) is -0.108. The molecule has 6 nitrogen and oxygen atoms in total. The average Bonchev–Trinajstić information content (AvgIpc) is 2.78. The van der Waals surface area contributed by atoms with E-state index in [4.69, 9.17) is 23.2 Å². The Labute approximate surface area is 236 Å². The first-order valence-corrected chi connectivity index (χ1v) is 15.2. The third kappa shape index (κ3) is 6.37. The minimum atomic E-state index is -3.63. The van der Waals surface area contributed by atoms with Crippen LogP contribution in [-0.2, 0) is 19.4 Å². The van der Waals surface area contributed by atoms with Gasteiger partial charge in [0.15, 0.2) is 9.84 Å².